The smallest absolute Gasteiger partial charge is 0.244 e. The summed E-state index contributed by atoms with van der Waals surface area (Å²) in [5.41, 5.74) is 2.79. The number of likely N-dealkylation sites (N-methyl/N-ethyl adjacent to an activating group) is 2. The number of rotatable bonds is 5. The first-order valence-electron chi connectivity index (χ1n) is 11.2. The van der Waals surface area contributed by atoms with Gasteiger partial charge >= 0.3 is 0 Å². The quantitative estimate of drug-likeness (QED) is 0.821. The molecule has 3 rings (SSSR count). The molecule has 0 bridgehead atoms. The molecule has 0 aromatic heterocycles. The van der Waals surface area contributed by atoms with Gasteiger partial charge in [0.1, 0.15) is 5.54 Å². The number of nitrogens with zero attached hydrogens (tertiary/aromatic N) is 3. The van der Waals surface area contributed by atoms with Crippen LogP contribution in [0.2, 0.25) is 0 Å². The van der Waals surface area contributed by atoms with Gasteiger partial charge in [0.15, 0.2) is 0 Å². The summed E-state index contributed by atoms with van der Waals surface area (Å²) >= 11 is 0. The fraction of sp³-hybridized carbons (Fsp3) is 0.708. The van der Waals surface area contributed by atoms with Crippen LogP contribution in [0, 0.1) is 13.8 Å². The molecule has 1 saturated heterocycles. The van der Waals surface area contributed by atoms with Crippen molar-refractivity contribution >= 4 is 11.6 Å². The molecule has 1 saturated carbocycles. The van der Waals surface area contributed by atoms with E-state index in [1.807, 2.05) is 6.07 Å². The van der Waals surface area contributed by atoms with Crippen LogP contribution in [0.5, 0.6) is 0 Å². The number of para-hydroxylation sites is 1. The number of anilines is 1. The Balaban J connectivity index is 1.73. The molecule has 1 heterocycles. The number of likely N-dealkylation sites (tertiary alicyclic amines) is 1. The molecule has 29 heavy (non-hydrogen) atoms. The van der Waals surface area contributed by atoms with Crippen LogP contribution in [0.3, 0.4) is 0 Å². The van der Waals surface area contributed by atoms with Gasteiger partial charge in [-0.1, -0.05) is 31.0 Å². The molecule has 2 fully saturated rings. The van der Waals surface area contributed by atoms with E-state index in [1.165, 1.54) is 25.7 Å². The molecule has 2 aliphatic rings. The Labute approximate surface area is 177 Å². The minimum Gasteiger partial charge on any atom is -0.324 e. The van der Waals surface area contributed by atoms with E-state index in [-0.39, 0.29) is 5.91 Å². The molecular weight excluding hydrogens is 360 g/mol. The van der Waals surface area contributed by atoms with Gasteiger partial charge in [0, 0.05) is 30.9 Å². The van der Waals surface area contributed by atoms with Gasteiger partial charge in [0.2, 0.25) is 5.91 Å². The summed E-state index contributed by atoms with van der Waals surface area (Å²) < 4.78 is 0. The molecule has 1 aromatic rings. The van der Waals surface area contributed by atoms with Crippen molar-refractivity contribution in [3.63, 3.8) is 0 Å². The fourth-order valence-corrected chi connectivity index (χ4v) is 5.46. The van der Waals surface area contributed by atoms with Crippen LogP contribution >= 0.6 is 0 Å². The SMILES string of the molecule is Cc1cccc(C)c1NC(=O)C1(N(C)C)CCN(C2CCCCC2N(C)C)CC1. The van der Waals surface area contributed by atoms with Crippen LogP contribution in [0.4, 0.5) is 5.69 Å². The summed E-state index contributed by atoms with van der Waals surface area (Å²) in [7, 11) is 8.55. The highest BCUT2D eigenvalue weighted by Crippen LogP contribution is 2.34. The minimum absolute atomic E-state index is 0.146. The maximum atomic E-state index is 13.5. The molecule has 1 amide bonds. The Bertz CT molecular complexity index is 687. The van der Waals surface area contributed by atoms with E-state index in [0.717, 1.165) is 42.7 Å². The van der Waals surface area contributed by atoms with Crippen molar-refractivity contribution in [2.24, 2.45) is 0 Å². The third-order valence-corrected chi connectivity index (χ3v) is 7.45. The van der Waals surface area contributed by atoms with E-state index < -0.39 is 5.54 Å². The van der Waals surface area contributed by atoms with Crippen molar-refractivity contribution in [3.05, 3.63) is 29.3 Å². The van der Waals surface area contributed by atoms with E-state index in [2.05, 4.69) is 74.2 Å². The topological polar surface area (TPSA) is 38.8 Å². The summed E-state index contributed by atoms with van der Waals surface area (Å²) in [5.74, 6) is 0.146. The predicted molar refractivity (Wildman–Crippen MR) is 122 cm³/mol. The lowest BCUT2D eigenvalue weighted by molar-refractivity contribution is -0.130. The number of benzene rings is 1. The maximum absolute atomic E-state index is 13.5. The summed E-state index contributed by atoms with van der Waals surface area (Å²) in [5, 5.41) is 3.28. The van der Waals surface area contributed by atoms with Crippen molar-refractivity contribution in [1.82, 2.24) is 14.7 Å². The van der Waals surface area contributed by atoms with Crippen molar-refractivity contribution in [2.75, 3.05) is 46.6 Å². The van der Waals surface area contributed by atoms with Gasteiger partial charge in [0.05, 0.1) is 0 Å². The van der Waals surface area contributed by atoms with Crippen LogP contribution in [0.15, 0.2) is 18.2 Å². The molecule has 1 aliphatic heterocycles. The molecule has 2 atom stereocenters. The zero-order valence-electron chi connectivity index (χ0n) is 19.3. The van der Waals surface area contributed by atoms with Crippen molar-refractivity contribution < 1.29 is 4.79 Å². The molecule has 1 aromatic carbocycles. The summed E-state index contributed by atoms with van der Waals surface area (Å²) in [6.07, 6.45) is 7.01. The third-order valence-electron chi connectivity index (χ3n) is 7.45. The van der Waals surface area contributed by atoms with E-state index in [1.54, 1.807) is 0 Å². The number of hydrogen-bond acceptors (Lipinski definition) is 4. The molecule has 0 spiro atoms. The molecule has 5 heteroatoms. The Kier molecular flexibility index (Phi) is 7.02. The van der Waals surface area contributed by atoms with Gasteiger partial charge in [-0.2, -0.15) is 0 Å². The second-order valence-corrected chi connectivity index (χ2v) is 9.57. The van der Waals surface area contributed by atoms with Gasteiger partial charge in [-0.3, -0.25) is 14.6 Å². The Hall–Kier alpha value is -1.43. The van der Waals surface area contributed by atoms with Crippen LogP contribution in [0.1, 0.15) is 49.7 Å². The van der Waals surface area contributed by atoms with E-state index in [4.69, 9.17) is 0 Å². The highest BCUT2D eigenvalue weighted by Gasteiger charge is 2.45. The average Bonchev–Trinajstić information content (AvgIpc) is 2.70. The van der Waals surface area contributed by atoms with Gasteiger partial charge in [0.25, 0.3) is 0 Å². The molecule has 1 aliphatic carbocycles. The highest BCUT2D eigenvalue weighted by molar-refractivity contribution is 5.99. The summed E-state index contributed by atoms with van der Waals surface area (Å²) in [4.78, 5) is 20.7. The van der Waals surface area contributed by atoms with Crippen molar-refractivity contribution in [2.45, 2.75) is 70.0 Å². The normalized spacial score (nSPS) is 25.4. The van der Waals surface area contributed by atoms with E-state index in [9.17, 15) is 4.79 Å². The Morgan fingerprint density at radius 1 is 1.03 bits per heavy atom. The van der Waals surface area contributed by atoms with E-state index in [0.29, 0.717) is 12.1 Å². The number of nitrogens with one attached hydrogen (secondary N) is 1. The number of piperidine rings is 1. The van der Waals surface area contributed by atoms with E-state index >= 15 is 0 Å². The second kappa shape index (κ2) is 9.15. The lowest BCUT2D eigenvalue weighted by Crippen LogP contribution is -2.62. The lowest BCUT2D eigenvalue weighted by Gasteiger charge is -2.50. The van der Waals surface area contributed by atoms with Gasteiger partial charge in [-0.05, 0) is 78.8 Å². The molecule has 2 unspecified atom stereocenters. The molecule has 5 nitrogen and oxygen atoms in total. The first-order valence-corrected chi connectivity index (χ1v) is 11.2. The standard InChI is InChI=1S/C24H40N4O/c1-18-10-9-11-19(2)22(18)25-23(29)24(27(5)6)14-16-28(17-15-24)21-13-8-7-12-20(21)26(3)4/h9-11,20-21H,7-8,12-17H2,1-6H3,(H,25,29). The van der Waals surface area contributed by atoms with Gasteiger partial charge in [-0.25, -0.2) is 0 Å². The molecular formula is C24H40N4O. The third kappa shape index (κ3) is 4.52. The Morgan fingerprint density at radius 2 is 1.62 bits per heavy atom. The lowest BCUT2D eigenvalue weighted by atomic mass is 9.81. The fourth-order valence-electron chi connectivity index (χ4n) is 5.46. The number of aryl methyl sites for hydroxylation is 2. The molecule has 162 valence electrons. The highest BCUT2D eigenvalue weighted by atomic mass is 16.2. The van der Waals surface area contributed by atoms with Crippen molar-refractivity contribution in [3.8, 4) is 0 Å². The summed E-state index contributed by atoms with van der Waals surface area (Å²) in [6, 6.07) is 7.45. The first-order chi connectivity index (χ1) is 13.8. The van der Waals surface area contributed by atoms with Crippen LogP contribution in [-0.2, 0) is 4.79 Å². The maximum Gasteiger partial charge on any atom is 0.244 e. The molecule has 1 N–H and O–H groups in total. The second-order valence-electron chi connectivity index (χ2n) is 9.57. The molecule has 0 radical (unpaired) electrons. The summed E-state index contributed by atoms with van der Waals surface area (Å²) in [6.45, 7) is 6.12. The van der Waals surface area contributed by atoms with Gasteiger partial charge in [-0.15, -0.1) is 0 Å². The largest absolute Gasteiger partial charge is 0.324 e. The minimum atomic E-state index is -0.437. The van der Waals surface area contributed by atoms with Gasteiger partial charge < -0.3 is 10.2 Å². The van der Waals surface area contributed by atoms with Crippen LogP contribution in [0.25, 0.3) is 0 Å². The monoisotopic (exact) mass is 400 g/mol. The predicted octanol–water partition coefficient (Wildman–Crippen LogP) is 3.51. The number of carbonyl (C=O) groups is 1. The zero-order valence-corrected chi connectivity index (χ0v) is 19.3. The number of carbonyl (C=O) groups excluding carboxylic acids is 1. The number of hydrogen-bond donors (Lipinski definition) is 1. The zero-order chi connectivity index (χ0) is 21.2. The van der Waals surface area contributed by atoms with Crippen LogP contribution in [-0.4, -0.2) is 79.5 Å². The van der Waals surface area contributed by atoms with Crippen LogP contribution < -0.4 is 5.32 Å². The Morgan fingerprint density at radius 3 is 2.17 bits per heavy atom. The average molecular weight is 401 g/mol. The first kappa shape index (κ1) is 22.3. The van der Waals surface area contributed by atoms with Crippen molar-refractivity contribution in [1.29, 1.82) is 0 Å². The number of amides is 1.